The van der Waals surface area contributed by atoms with Gasteiger partial charge in [0.2, 0.25) is 0 Å². The van der Waals surface area contributed by atoms with Gasteiger partial charge in [0.25, 0.3) is 0 Å². The second kappa shape index (κ2) is 3.37. The summed E-state index contributed by atoms with van der Waals surface area (Å²) >= 11 is 0. The molecule has 0 heterocycles. The molecule has 0 aromatic carbocycles. The summed E-state index contributed by atoms with van der Waals surface area (Å²) in [6.45, 7) is 0. The summed E-state index contributed by atoms with van der Waals surface area (Å²) in [5.74, 6) is -0.662. The van der Waals surface area contributed by atoms with Crippen LogP contribution >= 0.6 is 0 Å². The zero-order valence-corrected chi connectivity index (χ0v) is 8.29. The van der Waals surface area contributed by atoms with Crippen LogP contribution in [0.1, 0.15) is 44.9 Å². The summed E-state index contributed by atoms with van der Waals surface area (Å²) < 4.78 is 0. The summed E-state index contributed by atoms with van der Waals surface area (Å²) in [5, 5.41) is 8.90. The third-order valence-corrected chi connectivity index (χ3v) is 3.86. The number of aliphatic carboxylic acids is 1. The van der Waals surface area contributed by atoms with E-state index in [-0.39, 0.29) is 11.3 Å². The van der Waals surface area contributed by atoms with Gasteiger partial charge in [0, 0.05) is 11.8 Å². The van der Waals surface area contributed by atoms with Gasteiger partial charge in [-0.2, -0.15) is 0 Å². The number of rotatable bonds is 1. The lowest BCUT2D eigenvalue weighted by Gasteiger charge is -2.31. The third kappa shape index (κ3) is 1.45. The SMILES string of the molecule is O=C(O)C1CCC2(CCCCC2=O)C1. The minimum absolute atomic E-state index is 0.235. The van der Waals surface area contributed by atoms with Gasteiger partial charge < -0.3 is 5.11 Å². The van der Waals surface area contributed by atoms with Gasteiger partial charge in [0.15, 0.2) is 0 Å². The average Bonchev–Trinajstić information content (AvgIpc) is 2.56. The molecule has 78 valence electrons. The molecule has 2 aliphatic carbocycles. The van der Waals surface area contributed by atoms with E-state index in [4.69, 9.17) is 5.11 Å². The van der Waals surface area contributed by atoms with Crippen LogP contribution in [0.4, 0.5) is 0 Å². The van der Waals surface area contributed by atoms with Crippen LogP contribution in [0.3, 0.4) is 0 Å². The molecule has 3 nitrogen and oxygen atoms in total. The number of carbonyl (C=O) groups is 2. The molecule has 0 radical (unpaired) electrons. The number of carboxylic acids is 1. The summed E-state index contributed by atoms with van der Waals surface area (Å²) in [4.78, 5) is 22.6. The molecule has 0 amide bonds. The number of hydrogen-bond donors (Lipinski definition) is 1. The largest absolute Gasteiger partial charge is 0.481 e. The monoisotopic (exact) mass is 196 g/mol. The van der Waals surface area contributed by atoms with Crippen molar-refractivity contribution in [2.75, 3.05) is 0 Å². The second-order valence-electron chi connectivity index (χ2n) is 4.69. The van der Waals surface area contributed by atoms with Crippen molar-refractivity contribution < 1.29 is 14.7 Å². The molecule has 3 heteroatoms. The van der Waals surface area contributed by atoms with Crippen LogP contribution < -0.4 is 0 Å². The summed E-state index contributed by atoms with van der Waals surface area (Å²) in [6, 6.07) is 0. The van der Waals surface area contributed by atoms with Crippen molar-refractivity contribution in [1.82, 2.24) is 0 Å². The van der Waals surface area contributed by atoms with E-state index in [2.05, 4.69) is 0 Å². The quantitative estimate of drug-likeness (QED) is 0.697. The average molecular weight is 196 g/mol. The maximum atomic E-state index is 11.8. The van der Waals surface area contributed by atoms with Gasteiger partial charge in [-0.3, -0.25) is 9.59 Å². The van der Waals surface area contributed by atoms with Crippen molar-refractivity contribution in [3.8, 4) is 0 Å². The number of hydrogen-bond acceptors (Lipinski definition) is 2. The lowest BCUT2D eigenvalue weighted by molar-refractivity contribution is -0.142. The molecule has 0 aliphatic heterocycles. The minimum Gasteiger partial charge on any atom is -0.481 e. The maximum absolute atomic E-state index is 11.8. The molecule has 14 heavy (non-hydrogen) atoms. The summed E-state index contributed by atoms with van der Waals surface area (Å²) in [6.07, 6.45) is 5.80. The van der Waals surface area contributed by atoms with Crippen LogP contribution in [-0.2, 0) is 9.59 Å². The van der Waals surface area contributed by atoms with Gasteiger partial charge in [0.05, 0.1) is 5.92 Å². The highest BCUT2D eigenvalue weighted by Gasteiger charge is 2.47. The van der Waals surface area contributed by atoms with E-state index in [1.54, 1.807) is 0 Å². The number of Topliss-reactive ketones (excluding diaryl/α,β-unsaturated/α-hetero) is 1. The minimum atomic E-state index is -0.722. The zero-order valence-electron chi connectivity index (χ0n) is 8.29. The number of ketones is 1. The van der Waals surface area contributed by atoms with Crippen molar-refractivity contribution in [3.05, 3.63) is 0 Å². The fourth-order valence-electron chi connectivity index (χ4n) is 2.97. The predicted octanol–water partition coefficient (Wildman–Crippen LogP) is 2.00. The first-order valence-electron chi connectivity index (χ1n) is 5.40. The Hall–Kier alpha value is -0.860. The fraction of sp³-hybridized carbons (Fsp3) is 0.818. The topological polar surface area (TPSA) is 54.4 Å². The first-order valence-corrected chi connectivity index (χ1v) is 5.40. The van der Waals surface area contributed by atoms with Crippen LogP contribution in [0.2, 0.25) is 0 Å². The molecular weight excluding hydrogens is 180 g/mol. The van der Waals surface area contributed by atoms with Crippen LogP contribution in [0.5, 0.6) is 0 Å². The van der Waals surface area contributed by atoms with Gasteiger partial charge in [-0.05, 0) is 32.1 Å². The van der Waals surface area contributed by atoms with E-state index in [0.29, 0.717) is 25.0 Å². The first kappa shape index (κ1) is 9.69. The van der Waals surface area contributed by atoms with Crippen molar-refractivity contribution in [2.45, 2.75) is 44.9 Å². The van der Waals surface area contributed by atoms with Crippen LogP contribution in [0.15, 0.2) is 0 Å². The normalized spacial score (nSPS) is 37.7. The van der Waals surface area contributed by atoms with E-state index in [1.807, 2.05) is 0 Å². The summed E-state index contributed by atoms with van der Waals surface area (Å²) in [5.41, 5.74) is -0.235. The van der Waals surface area contributed by atoms with Gasteiger partial charge in [-0.15, -0.1) is 0 Å². The van der Waals surface area contributed by atoms with Crippen molar-refractivity contribution >= 4 is 11.8 Å². The van der Waals surface area contributed by atoms with Crippen molar-refractivity contribution in [3.63, 3.8) is 0 Å². The van der Waals surface area contributed by atoms with Crippen molar-refractivity contribution in [1.29, 1.82) is 0 Å². The molecule has 2 unspecified atom stereocenters. The van der Waals surface area contributed by atoms with E-state index < -0.39 is 5.97 Å². The maximum Gasteiger partial charge on any atom is 0.306 e. The lowest BCUT2D eigenvalue weighted by atomic mass is 9.71. The second-order valence-corrected chi connectivity index (χ2v) is 4.69. The van der Waals surface area contributed by atoms with Gasteiger partial charge in [0.1, 0.15) is 5.78 Å². The Kier molecular flexibility index (Phi) is 2.33. The zero-order chi connectivity index (χ0) is 10.2. The van der Waals surface area contributed by atoms with Crippen LogP contribution in [-0.4, -0.2) is 16.9 Å². The number of carboxylic acid groups (broad SMARTS) is 1. The highest BCUT2D eigenvalue weighted by molar-refractivity contribution is 5.87. The predicted molar refractivity (Wildman–Crippen MR) is 50.9 cm³/mol. The molecule has 1 spiro atoms. The molecule has 0 aromatic heterocycles. The van der Waals surface area contributed by atoms with E-state index >= 15 is 0 Å². The fourth-order valence-corrected chi connectivity index (χ4v) is 2.97. The molecule has 0 aromatic rings. The third-order valence-electron chi connectivity index (χ3n) is 3.86. The van der Waals surface area contributed by atoms with Gasteiger partial charge in [-0.25, -0.2) is 0 Å². The molecule has 2 atom stereocenters. The molecule has 0 bridgehead atoms. The van der Waals surface area contributed by atoms with E-state index in [9.17, 15) is 9.59 Å². The Bertz CT molecular complexity index is 272. The Morgan fingerprint density at radius 1 is 1.36 bits per heavy atom. The lowest BCUT2D eigenvalue weighted by Crippen LogP contribution is -2.32. The first-order chi connectivity index (χ1) is 6.64. The highest BCUT2D eigenvalue weighted by Crippen LogP contribution is 2.49. The molecule has 0 saturated heterocycles. The standard InChI is InChI=1S/C11H16O3/c12-9-3-1-2-5-11(9)6-4-8(7-11)10(13)14/h8H,1-7H2,(H,13,14). The highest BCUT2D eigenvalue weighted by atomic mass is 16.4. The smallest absolute Gasteiger partial charge is 0.306 e. The Labute approximate surface area is 83.5 Å². The Balaban J connectivity index is 2.10. The van der Waals surface area contributed by atoms with Crippen molar-refractivity contribution in [2.24, 2.45) is 11.3 Å². The molecular formula is C11H16O3. The van der Waals surface area contributed by atoms with E-state index in [1.165, 1.54) is 0 Å². The molecule has 2 saturated carbocycles. The Morgan fingerprint density at radius 3 is 2.71 bits per heavy atom. The number of carbonyl (C=O) groups excluding carboxylic acids is 1. The van der Waals surface area contributed by atoms with Crippen LogP contribution in [0, 0.1) is 11.3 Å². The summed E-state index contributed by atoms with van der Waals surface area (Å²) in [7, 11) is 0. The van der Waals surface area contributed by atoms with Gasteiger partial charge >= 0.3 is 5.97 Å². The van der Waals surface area contributed by atoms with E-state index in [0.717, 1.165) is 25.7 Å². The molecule has 1 N–H and O–H groups in total. The van der Waals surface area contributed by atoms with Crippen LogP contribution in [0.25, 0.3) is 0 Å². The molecule has 2 fully saturated rings. The molecule has 2 aliphatic rings. The van der Waals surface area contributed by atoms with Gasteiger partial charge in [-0.1, -0.05) is 6.42 Å². The molecule has 2 rings (SSSR count). The Morgan fingerprint density at radius 2 is 2.14 bits per heavy atom.